The summed E-state index contributed by atoms with van der Waals surface area (Å²) >= 11 is 0. The van der Waals surface area contributed by atoms with E-state index >= 15 is 0 Å². The smallest absolute Gasteiger partial charge is 0.0972 e. The number of rotatable bonds is 4. The summed E-state index contributed by atoms with van der Waals surface area (Å²) in [5, 5.41) is 10.7. The van der Waals surface area contributed by atoms with E-state index < -0.39 is 0 Å². The Labute approximate surface area is 311 Å². The Balaban J connectivity index is 1.02. The minimum atomic E-state index is 0.912. The summed E-state index contributed by atoms with van der Waals surface area (Å²) in [6.45, 7) is 0. The van der Waals surface area contributed by atoms with Crippen molar-refractivity contribution in [2.24, 2.45) is 0 Å². The SMILES string of the molecule is c1ccc(-c2ccc3ccc4ccc(-c5ccc(-c6cccc(-c7nc8ccccc8c8c9ccccc9c9ccccc9c78)c6)cc5)nc4c3n2)cc1. The van der Waals surface area contributed by atoms with Crippen LogP contribution in [0.15, 0.2) is 188 Å². The van der Waals surface area contributed by atoms with Crippen molar-refractivity contribution in [1.29, 1.82) is 0 Å². The van der Waals surface area contributed by atoms with Gasteiger partial charge in [-0.05, 0) is 56.9 Å². The van der Waals surface area contributed by atoms with Crippen LogP contribution in [0.25, 0.3) is 110 Å². The van der Waals surface area contributed by atoms with Crippen molar-refractivity contribution in [3.05, 3.63) is 188 Å². The van der Waals surface area contributed by atoms with Crippen LogP contribution < -0.4 is 0 Å². The molecule has 3 heterocycles. The van der Waals surface area contributed by atoms with Gasteiger partial charge in [0.2, 0.25) is 0 Å². The van der Waals surface area contributed by atoms with Gasteiger partial charge in [-0.2, -0.15) is 0 Å². The zero-order valence-electron chi connectivity index (χ0n) is 29.2. The zero-order chi connectivity index (χ0) is 35.6. The first kappa shape index (κ1) is 30.4. The second-order valence-electron chi connectivity index (χ2n) is 13.9. The molecule has 0 bridgehead atoms. The van der Waals surface area contributed by atoms with E-state index in [2.05, 4.69) is 170 Å². The van der Waals surface area contributed by atoms with E-state index in [1.54, 1.807) is 0 Å². The van der Waals surface area contributed by atoms with Crippen molar-refractivity contribution in [1.82, 2.24) is 15.0 Å². The third-order valence-electron chi connectivity index (χ3n) is 10.8. The normalized spacial score (nSPS) is 11.7. The lowest BCUT2D eigenvalue weighted by Crippen LogP contribution is -1.93. The highest BCUT2D eigenvalue weighted by Gasteiger charge is 2.18. The highest BCUT2D eigenvalue weighted by Crippen LogP contribution is 2.43. The molecule has 0 N–H and O–H groups in total. The van der Waals surface area contributed by atoms with Crippen LogP contribution in [0.4, 0.5) is 0 Å². The Morgan fingerprint density at radius 1 is 0.278 bits per heavy atom. The van der Waals surface area contributed by atoms with E-state index in [4.69, 9.17) is 15.0 Å². The number of aromatic nitrogens is 3. The molecule has 0 amide bonds. The van der Waals surface area contributed by atoms with Gasteiger partial charge in [0.25, 0.3) is 0 Å². The molecule has 3 nitrogen and oxygen atoms in total. The Morgan fingerprint density at radius 2 is 0.759 bits per heavy atom. The van der Waals surface area contributed by atoms with E-state index in [1.807, 2.05) is 18.2 Å². The lowest BCUT2D eigenvalue weighted by atomic mass is 9.89. The van der Waals surface area contributed by atoms with Crippen LogP contribution in [0.1, 0.15) is 0 Å². The fraction of sp³-hybridized carbons (Fsp3) is 0. The molecule has 3 heteroatoms. The van der Waals surface area contributed by atoms with E-state index in [1.165, 1.54) is 37.7 Å². The van der Waals surface area contributed by atoms with Gasteiger partial charge in [-0.3, -0.25) is 0 Å². The molecule has 11 rings (SSSR count). The molecule has 0 unspecified atom stereocenters. The van der Waals surface area contributed by atoms with Crippen LogP contribution in [-0.4, -0.2) is 15.0 Å². The van der Waals surface area contributed by atoms with Crippen LogP contribution in [0, 0.1) is 0 Å². The molecule has 0 spiro atoms. The van der Waals surface area contributed by atoms with Crippen molar-refractivity contribution >= 4 is 65.0 Å². The summed E-state index contributed by atoms with van der Waals surface area (Å²) in [5.41, 5.74) is 11.2. The molecular formula is C51H31N3. The number of para-hydroxylation sites is 1. The van der Waals surface area contributed by atoms with Crippen LogP contribution >= 0.6 is 0 Å². The van der Waals surface area contributed by atoms with Crippen LogP contribution in [-0.2, 0) is 0 Å². The van der Waals surface area contributed by atoms with Gasteiger partial charge >= 0.3 is 0 Å². The molecule has 3 aromatic heterocycles. The first-order valence-corrected chi connectivity index (χ1v) is 18.4. The number of hydrogen-bond donors (Lipinski definition) is 0. The highest BCUT2D eigenvalue weighted by atomic mass is 14.8. The lowest BCUT2D eigenvalue weighted by Gasteiger charge is -2.16. The molecule has 54 heavy (non-hydrogen) atoms. The number of nitrogens with zero attached hydrogens (tertiary/aromatic N) is 3. The molecule has 0 saturated carbocycles. The average molecular weight is 686 g/mol. The third kappa shape index (κ3) is 4.87. The number of hydrogen-bond acceptors (Lipinski definition) is 3. The third-order valence-corrected chi connectivity index (χ3v) is 10.8. The van der Waals surface area contributed by atoms with Crippen molar-refractivity contribution in [3.63, 3.8) is 0 Å². The topological polar surface area (TPSA) is 38.7 Å². The standard InChI is InChI=1S/C51H31N3/c1-2-11-33(12-3-1)44-29-27-35-25-26-36-28-30-45(53-51(36)50(35)52-44)34-23-21-32(22-24-34)37-13-10-14-38(31-37)49-48-42-18-7-5-16-40(42)39-15-4-6-17-41(39)47(48)43-19-8-9-20-46(43)54-49/h1-31H. The first-order chi connectivity index (χ1) is 26.8. The Morgan fingerprint density at radius 3 is 1.43 bits per heavy atom. The lowest BCUT2D eigenvalue weighted by molar-refractivity contribution is 1.36. The summed E-state index contributed by atoms with van der Waals surface area (Å²) < 4.78 is 0. The van der Waals surface area contributed by atoms with Gasteiger partial charge in [0.15, 0.2) is 0 Å². The fourth-order valence-corrected chi connectivity index (χ4v) is 8.21. The van der Waals surface area contributed by atoms with E-state index in [-0.39, 0.29) is 0 Å². The maximum atomic E-state index is 5.37. The molecule has 0 aliphatic carbocycles. The second kappa shape index (κ2) is 12.2. The van der Waals surface area contributed by atoms with Crippen molar-refractivity contribution in [2.45, 2.75) is 0 Å². The molecule has 0 aliphatic heterocycles. The Kier molecular flexibility index (Phi) is 6.86. The minimum Gasteiger partial charge on any atom is -0.247 e. The predicted molar refractivity (Wildman–Crippen MR) is 227 cm³/mol. The second-order valence-corrected chi connectivity index (χ2v) is 13.9. The maximum absolute atomic E-state index is 5.37. The fourth-order valence-electron chi connectivity index (χ4n) is 8.21. The van der Waals surface area contributed by atoms with Crippen molar-refractivity contribution < 1.29 is 0 Å². The van der Waals surface area contributed by atoms with Crippen LogP contribution in [0.2, 0.25) is 0 Å². The maximum Gasteiger partial charge on any atom is 0.0972 e. The number of benzene rings is 8. The van der Waals surface area contributed by atoms with Crippen LogP contribution in [0.5, 0.6) is 0 Å². The van der Waals surface area contributed by atoms with Gasteiger partial charge in [-0.15, -0.1) is 0 Å². The first-order valence-electron chi connectivity index (χ1n) is 18.4. The highest BCUT2D eigenvalue weighted by molar-refractivity contribution is 6.33. The van der Waals surface area contributed by atoms with Crippen LogP contribution in [0.3, 0.4) is 0 Å². The largest absolute Gasteiger partial charge is 0.247 e. The molecule has 11 aromatic rings. The molecular weight excluding hydrogens is 655 g/mol. The number of fused-ring (bicyclic) bond motifs is 11. The monoisotopic (exact) mass is 685 g/mol. The van der Waals surface area contributed by atoms with Gasteiger partial charge < -0.3 is 0 Å². The molecule has 250 valence electrons. The molecule has 0 saturated heterocycles. The molecule has 0 fully saturated rings. The predicted octanol–water partition coefficient (Wildman–Crippen LogP) is 13.5. The molecule has 8 aromatic carbocycles. The summed E-state index contributed by atoms with van der Waals surface area (Å²) in [7, 11) is 0. The molecule has 0 radical (unpaired) electrons. The van der Waals surface area contributed by atoms with Crippen molar-refractivity contribution in [3.8, 4) is 44.9 Å². The van der Waals surface area contributed by atoms with E-state index in [0.717, 1.165) is 72.2 Å². The van der Waals surface area contributed by atoms with Gasteiger partial charge in [-0.1, -0.05) is 164 Å². The van der Waals surface area contributed by atoms with Crippen molar-refractivity contribution in [2.75, 3.05) is 0 Å². The summed E-state index contributed by atoms with van der Waals surface area (Å²) in [6.07, 6.45) is 0. The zero-order valence-corrected chi connectivity index (χ0v) is 29.2. The summed E-state index contributed by atoms with van der Waals surface area (Å²) in [6, 6.07) is 66.7. The van der Waals surface area contributed by atoms with E-state index in [0.29, 0.717) is 0 Å². The Bertz CT molecular complexity index is 3260. The van der Waals surface area contributed by atoms with E-state index in [9.17, 15) is 0 Å². The molecule has 0 atom stereocenters. The minimum absolute atomic E-state index is 0.912. The quantitative estimate of drug-likeness (QED) is 0.173. The Hall–Kier alpha value is -7.23. The average Bonchev–Trinajstić information content (AvgIpc) is 3.26. The summed E-state index contributed by atoms with van der Waals surface area (Å²) in [4.78, 5) is 15.7. The van der Waals surface area contributed by atoms with Gasteiger partial charge in [-0.25, -0.2) is 15.0 Å². The number of pyridine rings is 3. The van der Waals surface area contributed by atoms with Gasteiger partial charge in [0.05, 0.1) is 33.6 Å². The summed E-state index contributed by atoms with van der Waals surface area (Å²) in [5.74, 6) is 0. The molecule has 0 aliphatic rings. The van der Waals surface area contributed by atoms with Gasteiger partial charge in [0.1, 0.15) is 0 Å². The van der Waals surface area contributed by atoms with Gasteiger partial charge in [0, 0.05) is 43.6 Å².